The van der Waals surface area contributed by atoms with E-state index < -0.39 is 30.1 Å². The minimum absolute atomic E-state index is 0.219. The first-order valence-electron chi connectivity index (χ1n) is 9.51. The molecule has 0 aliphatic heterocycles. The van der Waals surface area contributed by atoms with E-state index in [9.17, 15) is 14.4 Å². The van der Waals surface area contributed by atoms with Crippen LogP contribution in [0.1, 0.15) is 26.3 Å². The van der Waals surface area contributed by atoms with Crippen molar-refractivity contribution in [3.8, 4) is 0 Å². The van der Waals surface area contributed by atoms with Crippen LogP contribution in [0.5, 0.6) is 0 Å². The summed E-state index contributed by atoms with van der Waals surface area (Å²) in [6, 6.07) is 16.9. The van der Waals surface area contributed by atoms with Crippen LogP contribution >= 0.6 is 0 Å². The molecule has 0 fully saturated rings. The van der Waals surface area contributed by atoms with Gasteiger partial charge in [0.25, 0.3) is 5.91 Å². The molecule has 7 heteroatoms. The van der Waals surface area contributed by atoms with E-state index >= 15 is 0 Å². The fraction of sp³-hybridized carbons (Fsp3) is 0.318. The fourth-order valence-electron chi connectivity index (χ4n) is 2.56. The van der Waals surface area contributed by atoms with Gasteiger partial charge in [-0.25, -0.2) is 9.59 Å². The molecule has 3 N–H and O–H groups in total. The number of hydrogen-bond acceptors (Lipinski definition) is 4. The zero-order chi connectivity index (χ0) is 21.2. The van der Waals surface area contributed by atoms with Crippen molar-refractivity contribution in [3.05, 3.63) is 66.2 Å². The van der Waals surface area contributed by atoms with Crippen LogP contribution < -0.4 is 16.0 Å². The maximum atomic E-state index is 12.5. The Hall–Kier alpha value is -3.35. The van der Waals surface area contributed by atoms with Crippen molar-refractivity contribution in [1.82, 2.24) is 10.6 Å². The summed E-state index contributed by atoms with van der Waals surface area (Å²) in [4.78, 5) is 36.9. The number of carbonyl (C=O) groups is 3. The molecule has 2 aromatic rings. The van der Waals surface area contributed by atoms with E-state index in [1.807, 2.05) is 36.4 Å². The van der Waals surface area contributed by atoms with Crippen LogP contribution in [-0.2, 0) is 20.9 Å². The number of hydrogen-bond donors (Lipinski definition) is 3. The predicted octanol–water partition coefficient (Wildman–Crippen LogP) is 3.08. The lowest BCUT2D eigenvalue weighted by Gasteiger charge is -2.23. The molecule has 0 saturated heterocycles. The molecule has 29 heavy (non-hydrogen) atoms. The number of para-hydroxylation sites is 1. The molecule has 2 aromatic carbocycles. The number of carbonyl (C=O) groups excluding carboxylic acids is 3. The van der Waals surface area contributed by atoms with E-state index in [1.165, 1.54) is 6.92 Å². The lowest BCUT2D eigenvalue weighted by Crippen LogP contribution is -2.49. The van der Waals surface area contributed by atoms with Gasteiger partial charge in [-0.2, -0.15) is 0 Å². The topological polar surface area (TPSA) is 96.5 Å². The van der Waals surface area contributed by atoms with Gasteiger partial charge >= 0.3 is 12.0 Å². The molecule has 0 saturated carbocycles. The molecule has 0 aromatic heterocycles. The predicted molar refractivity (Wildman–Crippen MR) is 111 cm³/mol. The summed E-state index contributed by atoms with van der Waals surface area (Å²) in [7, 11) is 0. The van der Waals surface area contributed by atoms with Gasteiger partial charge in [0, 0.05) is 12.2 Å². The zero-order valence-electron chi connectivity index (χ0n) is 16.8. The lowest BCUT2D eigenvalue weighted by atomic mass is 10.0. The molecule has 0 aliphatic carbocycles. The Morgan fingerprint density at radius 1 is 0.897 bits per heavy atom. The van der Waals surface area contributed by atoms with Crippen LogP contribution in [0, 0.1) is 5.92 Å². The van der Waals surface area contributed by atoms with E-state index in [-0.39, 0.29) is 5.92 Å². The van der Waals surface area contributed by atoms with E-state index in [0.29, 0.717) is 12.2 Å². The average Bonchev–Trinajstić information content (AvgIpc) is 2.71. The third-order valence-corrected chi connectivity index (χ3v) is 4.21. The molecule has 7 nitrogen and oxygen atoms in total. The Bertz CT molecular complexity index is 809. The second kappa shape index (κ2) is 10.8. The summed E-state index contributed by atoms with van der Waals surface area (Å²) < 4.78 is 5.28. The van der Waals surface area contributed by atoms with Crippen molar-refractivity contribution in [1.29, 1.82) is 0 Å². The number of esters is 1. The number of nitrogens with one attached hydrogen (secondary N) is 3. The monoisotopic (exact) mass is 397 g/mol. The highest BCUT2D eigenvalue weighted by molar-refractivity contribution is 5.93. The highest BCUT2D eigenvalue weighted by Gasteiger charge is 2.29. The molecule has 0 bridgehead atoms. The maximum absolute atomic E-state index is 12.5. The number of ether oxygens (including phenoxy) is 1. The summed E-state index contributed by atoms with van der Waals surface area (Å²) in [5.74, 6) is -1.28. The standard InChI is InChI=1S/C22H27N3O4/c1-15(2)19(25-22(28)24-18-12-8-5-9-13-18)21(27)29-16(3)20(26)23-14-17-10-6-4-7-11-17/h4-13,15-16,19H,14H2,1-3H3,(H,23,26)(H2,24,25,28)/t16-,19+/m0/s1. The first kappa shape index (κ1) is 21.9. The number of rotatable bonds is 8. The normalized spacial score (nSPS) is 12.6. The smallest absolute Gasteiger partial charge is 0.329 e. The first-order chi connectivity index (χ1) is 13.9. The summed E-state index contributed by atoms with van der Waals surface area (Å²) >= 11 is 0. The van der Waals surface area contributed by atoms with Gasteiger partial charge in [-0.15, -0.1) is 0 Å². The van der Waals surface area contributed by atoms with E-state index in [2.05, 4.69) is 16.0 Å². The quantitative estimate of drug-likeness (QED) is 0.597. The van der Waals surface area contributed by atoms with E-state index in [1.54, 1.807) is 38.1 Å². The molecular weight excluding hydrogens is 370 g/mol. The summed E-state index contributed by atoms with van der Waals surface area (Å²) in [6.45, 7) is 5.41. The summed E-state index contributed by atoms with van der Waals surface area (Å²) in [5, 5.41) is 8.00. The van der Waals surface area contributed by atoms with Gasteiger partial charge in [-0.1, -0.05) is 62.4 Å². The van der Waals surface area contributed by atoms with Crippen molar-refractivity contribution in [2.75, 3.05) is 5.32 Å². The first-order valence-corrected chi connectivity index (χ1v) is 9.51. The Morgan fingerprint density at radius 3 is 2.07 bits per heavy atom. The molecule has 2 atom stereocenters. The Labute approximate surface area is 170 Å². The Morgan fingerprint density at radius 2 is 1.48 bits per heavy atom. The minimum atomic E-state index is -0.980. The molecule has 0 unspecified atom stereocenters. The molecule has 0 spiro atoms. The van der Waals surface area contributed by atoms with Crippen LogP contribution in [-0.4, -0.2) is 30.1 Å². The third-order valence-electron chi connectivity index (χ3n) is 4.21. The number of amides is 3. The van der Waals surface area contributed by atoms with Crippen molar-refractivity contribution in [2.45, 2.75) is 39.5 Å². The molecule has 0 aliphatic rings. The van der Waals surface area contributed by atoms with Gasteiger partial charge in [0.2, 0.25) is 0 Å². The second-order valence-electron chi connectivity index (χ2n) is 6.97. The van der Waals surface area contributed by atoms with Gasteiger partial charge in [0.15, 0.2) is 6.10 Å². The number of anilines is 1. The number of benzene rings is 2. The number of urea groups is 1. The van der Waals surface area contributed by atoms with Gasteiger partial charge in [-0.05, 0) is 30.5 Å². The summed E-state index contributed by atoms with van der Waals surface area (Å²) in [5.41, 5.74) is 1.55. The van der Waals surface area contributed by atoms with E-state index in [0.717, 1.165) is 5.56 Å². The molecule has 3 amide bonds. The average molecular weight is 397 g/mol. The van der Waals surface area contributed by atoms with Crippen molar-refractivity contribution in [2.24, 2.45) is 5.92 Å². The molecule has 154 valence electrons. The Kier molecular flexibility index (Phi) is 8.21. The second-order valence-corrected chi connectivity index (χ2v) is 6.97. The highest BCUT2D eigenvalue weighted by Crippen LogP contribution is 2.09. The van der Waals surface area contributed by atoms with Crippen LogP contribution in [0.25, 0.3) is 0 Å². The minimum Gasteiger partial charge on any atom is -0.451 e. The van der Waals surface area contributed by atoms with Crippen LogP contribution in [0.4, 0.5) is 10.5 Å². The zero-order valence-corrected chi connectivity index (χ0v) is 16.8. The van der Waals surface area contributed by atoms with Crippen molar-refractivity contribution >= 4 is 23.6 Å². The largest absolute Gasteiger partial charge is 0.451 e. The maximum Gasteiger partial charge on any atom is 0.329 e. The fourth-order valence-corrected chi connectivity index (χ4v) is 2.56. The van der Waals surface area contributed by atoms with Crippen LogP contribution in [0.15, 0.2) is 60.7 Å². The Balaban J connectivity index is 1.87. The van der Waals surface area contributed by atoms with Gasteiger partial charge in [0.05, 0.1) is 0 Å². The van der Waals surface area contributed by atoms with Crippen molar-refractivity contribution < 1.29 is 19.1 Å². The van der Waals surface area contributed by atoms with Crippen LogP contribution in [0.3, 0.4) is 0 Å². The summed E-state index contributed by atoms with van der Waals surface area (Å²) in [6.07, 6.45) is -0.980. The lowest BCUT2D eigenvalue weighted by molar-refractivity contribution is -0.157. The van der Waals surface area contributed by atoms with Crippen molar-refractivity contribution in [3.63, 3.8) is 0 Å². The molecule has 0 heterocycles. The SMILES string of the molecule is CC(C)[C@@H](NC(=O)Nc1ccccc1)C(=O)O[C@@H](C)C(=O)NCc1ccccc1. The van der Waals surface area contributed by atoms with Crippen LogP contribution in [0.2, 0.25) is 0 Å². The molecule has 2 rings (SSSR count). The molecular formula is C22H27N3O4. The van der Waals surface area contributed by atoms with E-state index in [4.69, 9.17) is 4.74 Å². The third kappa shape index (κ3) is 7.29. The highest BCUT2D eigenvalue weighted by atomic mass is 16.5. The van der Waals surface area contributed by atoms with Gasteiger partial charge in [-0.3, -0.25) is 4.79 Å². The molecule has 0 radical (unpaired) electrons. The van der Waals surface area contributed by atoms with Gasteiger partial charge < -0.3 is 20.7 Å². The van der Waals surface area contributed by atoms with Gasteiger partial charge in [0.1, 0.15) is 6.04 Å².